The van der Waals surface area contributed by atoms with Crippen molar-refractivity contribution in [3.63, 3.8) is 0 Å². The molecule has 12 heavy (non-hydrogen) atoms. The Kier molecular flexibility index (Phi) is 2.53. The van der Waals surface area contributed by atoms with E-state index in [-0.39, 0.29) is 12.1 Å². The van der Waals surface area contributed by atoms with Gasteiger partial charge in [-0.3, -0.25) is 14.6 Å². The Morgan fingerprint density at radius 3 is 3.00 bits per heavy atom. The molecular weight excluding hydrogens is 158 g/mol. The van der Waals surface area contributed by atoms with Crippen LogP contribution in [0, 0.1) is 0 Å². The molecular formula is C8H7NO3. The number of carboxylic acids is 1. The second-order valence-corrected chi connectivity index (χ2v) is 2.24. The summed E-state index contributed by atoms with van der Waals surface area (Å²) >= 11 is 0. The van der Waals surface area contributed by atoms with Crippen LogP contribution in [0.15, 0.2) is 18.3 Å². The highest BCUT2D eigenvalue weighted by molar-refractivity contribution is 5.78. The van der Waals surface area contributed by atoms with Gasteiger partial charge in [-0.05, 0) is 11.6 Å². The number of aldehydes is 1. The molecule has 0 aliphatic carbocycles. The normalized spacial score (nSPS) is 9.33. The molecule has 0 atom stereocenters. The first-order valence-corrected chi connectivity index (χ1v) is 3.35. The van der Waals surface area contributed by atoms with Crippen LogP contribution in [0.25, 0.3) is 0 Å². The van der Waals surface area contributed by atoms with E-state index in [1.165, 1.54) is 6.20 Å². The minimum Gasteiger partial charge on any atom is -0.481 e. The van der Waals surface area contributed by atoms with Gasteiger partial charge >= 0.3 is 5.97 Å². The maximum absolute atomic E-state index is 10.4. The van der Waals surface area contributed by atoms with Crippen molar-refractivity contribution >= 4 is 12.3 Å². The molecule has 0 aliphatic heterocycles. The molecule has 1 rings (SSSR count). The molecule has 0 radical (unpaired) electrons. The number of nitrogens with zero attached hydrogens (tertiary/aromatic N) is 1. The smallest absolute Gasteiger partial charge is 0.307 e. The third-order valence-corrected chi connectivity index (χ3v) is 1.38. The van der Waals surface area contributed by atoms with Crippen LogP contribution < -0.4 is 0 Å². The molecule has 1 aromatic rings. The van der Waals surface area contributed by atoms with Crippen molar-refractivity contribution in [2.75, 3.05) is 0 Å². The first kappa shape index (κ1) is 8.39. The van der Waals surface area contributed by atoms with Gasteiger partial charge in [-0.1, -0.05) is 6.07 Å². The van der Waals surface area contributed by atoms with Crippen molar-refractivity contribution in [2.45, 2.75) is 6.42 Å². The minimum atomic E-state index is -0.967. The lowest BCUT2D eigenvalue weighted by Crippen LogP contribution is -2.04. The Morgan fingerprint density at radius 1 is 1.67 bits per heavy atom. The van der Waals surface area contributed by atoms with E-state index in [0.29, 0.717) is 11.8 Å². The number of hydrogen-bond donors (Lipinski definition) is 1. The summed E-state index contributed by atoms with van der Waals surface area (Å²) in [5.41, 5.74) is 0.639. The Hall–Kier alpha value is -1.71. The summed E-state index contributed by atoms with van der Waals surface area (Å²) in [5, 5.41) is 8.44. The zero-order valence-corrected chi connectivity index (χ0v) is 6.23. The summed E-state index contributed by atoms with van der Waals surface area (Å²) in [4.78, 5) is 24.4. The summed E-state index contributed by atoms with van der Waals surface area (Å²) in [6, 6.07) is 3.18. The third kappa shape index (κ3) is 1.88. The number of carboxylic acid groups (broad SMARTS) is 1. The van der Waals surface area contributed by atoms with E-state index in [0.717, 1.165) is 0 Å². The fourth-order valence-corrected chi connectivity index (χ4v) is 0.869. The fourth-order valence-electron chi connectivity index (χ4n) is 0.869. The highest BCUT2D eigenvalue weighted by atomic mass is 16.4. The molecule has 4 nitrogen and oxygen atoms in total. The predicted molar refractivity (Wildman–Crippen MR) is 41.0 cm³/mol. The SMILES string of the molecule is O=Cc1ncccc1CC(=O)O. The first-order valence-electron chi connectivity index (χ1n) is 3.35. The lowest BCUT2D eigenvalue weighted by molar-refractivity contribution is -0.136. The number of carbonyl (C=O) groups is 2. The van der Waals surface area contributed by atoms with Crippen molar-refractivity contribution in [2.24, 2.45) is 0 Å². The summed E-state index contributed by atoms with van der Waals surface area (Å²) in [5.74, 6) is -0.967. The lowest BCUT2D eigenvalue weighted by Gasteiger charge is -1.97. The molecule has 1 heterocycles. The Balaban J connectivity index is 2.96. The minimum absolute atomic E-state index is 0.165. The molecule has 0 spiro atoms. The molecule has 0 amide bonds. The van der Waals surface area contributed by atoms with E-state index in [9.17, 15) is 9.59 Å². The van der Waals surface area contributed by atoms with Gasteiger partial charge < -0.3 is 5.11 Å². The second kappa shape index (κ2) is 3.61. The van der Waals surface area contributed by atoms with Crippen LogP contribution >= 0.6 is 0 Å². The van der Waals surface area contributed by atoms with E-state index < -0.39 is 5.97 Å². The monoisotopic (exact) mass is 165 g/mol. The van der Waals surface area contributed by atoms with Crippen LogP contribution in [0.4, 0.5) is 0 Å². The Morgan fingerprint density at radius 2 is 2.42 bits per heavy atom. The summed E-state index contributed by atoms with van der Waals surface area (Å²) in [6.45, 7) is 0. The summed E-state index contributed by atoms with van der Waals surface area (Å²) < 4.78 is 0. The molecule has 0 fully saturated rings. The van der Waals surface area contributed by atoms with Crippen molar-refractivity contribution in [1.29, 1.82) is 0 Å². The van der Waals surface area contributed by atoms with E-state index >= 15 is 0 Å². The van der Waals surface area contributed by atoms with Gasteiger partial charge in [0.2, 0.25) is 0 Å². The standard InChI is InChI=1S/C8H7NO3/c10-5-7-6(4-8(11)12)2-1-3-9-7/h1-3,5H,4H2,(H,11,12). The molecule has 1 N–H and O–H groups in total. The average Bonchev–Trinajstić information content (AvgIpc) is 2.04. The Bertz CT molecular complexity index is 309. The van der Waals surface area contributed by atoms with Crippen molar-refractivity contribution in [1.82, 2.24) is 4.98 Å². The van der Waals surface area contributed by atoms with Crippen LogP contribution in [0.1, 0.15) is 16.1 Å². The summed E-state index contributed by atoms with van der Waals surface area (Å²) in [7, 11) is 0. The molecule has 4 heteroatoms. The zero-order valence-electron chi connectivity index (χ0n) is 6.23. The van der Waals surface area contributed by atoms with Gasteiger partial charge in [-0.15, -0.1) is 0 Å². The highest BCUT2D eigenvalue weighted by Crippen LogP contribution is 2.03. The highest BCUT2D eigenvalue weighted by Gasteiger charge is 2.05. The number of rotatable bonds is 3. The number of aliphatic carboxylic acids is 1. The lowest BCUT2D eigenvalue weighted by atomic mass is 10.1. The number of pyridine rings is 1. The first-order chi connectivity index (χ1) is 5.74. The van der Waals surface area contributed by atoms with Crippen LogP contribution in [0.5, 0.6) is 0 Å². The van der Waals surface area contributed by atoms with Gasteiger partial charge in [-0.25, -0.2) is 0 Å². The molecule has 0 aliphatic rings. The maximum atomic E-state index is 10.4. The molecule has 62 valence electrons. The second-order valence-electron chi connectivity index (χ2n) is 2.24. The third-order valence-electron chi connectivity index (χ3n) is 1.38. The summed E-state index contributed by atoms with van der Waals surface area (Å²) in [6.07, 6.45) is 1.84. The van der Waals surface area contributed by atoms with E-state index in [1.54, 1.807) is 12.1 Å². The fraction of sp³-hybridized carbons (Fsp3) is 0.125. The van der Waals surface area contributed by atoms with Crippen molar-refractivity contribution in [3.05, 3.63) is 29.6 Å². The van der Waals surface area contributed by atoms with E-state index in [1.807, 2.05) is 0 Å². The molecule has 0 aromatic carbocycles. The van der Waals surface area contributed by atoms with E-state index in [4.69, 9.17) is 5.11 Å². The molecule has 0 saturated heterocycles. The molecule has 0 saturated carbocycles. The zero-order chi connectivity index (χ0) is 8.97. The van der Waals surface area contributed by atoms with Crippen molar-refractivity contribution < 1.29 is 14.7 Å². The molecule has 0 bridgehead atoms. The van der Waals surface area contributed by atoms with Crippen molar-refractivity contribution in [3.8, 4) is 0 Å². The van der Waals surface area contributed by atoms with Crippen LogP contribution in [-0.4, -0.2) is 22.3 Å². The number of aromatic nitrogens is 1. The topological polar surface area (TPSA) is 67.3 Å². The number of carbonyl (C=O) groups excluding carboxylic acids is 1. The largest absolute Gasteiger partial charge is 0.481 e. The van der Waals surface area contributed by atoms with E-state index in [2.05, 4.69) is 4.98 Å². The maximum Gasteiger partial charge on any atom is 0.307 e. The Labute approximate surface area is 68.9 Å². The average molecular weight is 165 g/mol. The quantitative estimate of drug-likeness (QED) is 0.663. The predicted octanol–water partition coefficient (Wildman–Crippen LogP) is 0.521. The van der Waals surface area contributed by atoms with Gasteiger partial charge in [0, 0.05) is 6.20 Å². The van der Waals surface area contributed by atoms with Crippen LogP contribution in [-0.2, 0) is 11.2 Å². The van der Waals surface area contributed by atoms with Gasteiger partial charge in [0.05, 0.1) is 6.42 Å². The van der Waals surface area contributed by atoms with Crippen LogP contribution in [0.2, 0.25) is 0 Å². The van der Waals surface area contributed by atoms with Crippen LogP contribution in [0.3, 0.4) is 0 Å². The molecule has 1 aromatic heterocycles. The van der Waals surface area contributed by atoms with Gasteiger partial charge in [-0.2, -0.15) is 0 Å². The number of hydrogen-bond acceptors (Lipinski definition) is 3. The molecule has 0 unspecified atom stereocenters. The van der Waals surface area contributed by atoms with Gasteiger partial charge in [0.1, 0.15) is 5.69 Å². The van der Waals surface area contributed by atoms with Gasteiger partial charge in [0.25, 0.3) is 0 Å². The van der Waals surface area contributed by atoms with Gasteiger partial charge in [0.15, 0.2) is 6.29 Å².